The quantitative estimate of drug-likeness (QED) is 0.873. The van der Waals surface area contributed by atoms with Crippen molar-refractivity contribution in [2.75, 3.05) is 39.4 Å². The molecule has 2 heterocycles. The van der Waals surface area contributed by atoms with Gasteiger partial charge in [0.15, 0.2) is 0 Å². The van der Waals surface area contributed by atoms with Gasteiger partial charge in [-0.1, -0.05) is 23.7 Å². The van der Waals surface area contributed by atoms with Crippen molar-refractivity contribution in [3.8, 4) is 0 Å². The van der Waals surface area contributed by atoms with Gasteiger partial charge >= 0.3 is 0 Å². The van der Waals surface area contributed by atoms with Gasteiger partial charge in [-0.15, -0.1) is 0 Å². The number of β-amino-alcohol motifs (C(OH)–C–C–N with tert-alkyl or cyclic N) is 1. The summed E-state index contributed by atoms with van der Waals surface area (Å²) in [6.07, 6.45) is -0.664. The Morgan fingerprint density at radius 3 is 2.61 bits per heavy atom. The number of rotatable bonds is 5. The van der Waals surface area contributed by atoms with Gasteiger partial charge in [-0.05, 0) is 17.7 Å². The summed E-state index contributed by atoms with van der Waals surface area (Å²) in [4.78, 5) is 19.9. The molecular weight excluding hydrogens is 320 g/mol. The highest BCUT2D eigenvalue weighted by Crippen LogP contribution is 2.30. The van der Waals surface area contributed by atoms with E-state index in [0.717, 1.165) is 18.7 Å². The molecule has 2 aliphatic heterocycles. The minimum absolute atomic E-state index is 0.106. The molecule has 0 radical (unpaired) electrons. The first kappa shape index (κ1) is 16.7. The van der Waals surface area contributed by atoms with Gasteiger partial charge in [0.25, 0.3) is 0 Å². The van der Waals surface area contributed by atoms with Gasteiger partial charge in [-0.25, -0.2) is 5.06 Å². The zero-order chi connectivity index (χ0) is 16.2. The second kappa shape index (κ2) is 7.59. The molecule has 1 aromatic carbocycles. The van der Waals surface area contributed by atoms with Crippen LogP contribution in [0.1, 0.15) is 18.1 Å². The summed E-state index contributed by atoms with van der Waals surface area (Å²) in [5.41, 5.74) is 0.910. The number of benzene rings is 1. The van der Waals surface area contributed by atoms with E-state index in [4.69, 9.17) is 21.2 Å². The van der Waals surface area contributed by atoms with Crippen molar-refractivity contribution in [2.24, 2.45) is 0 Å². The number of morpholine rings is 1. The smallest absolute Gasteiger partial charge is 0.249 e. The molecule has 2 saturated heterocycles. The third kappa shape index (κ3) is 4.43. The molecule has 3 rings (SSSR count). The fraction of sp³-hybridized carbons (Fsp3) is 0.562. The number of hydroxylamine groups is 2. The predicted molar refractivity (Wildman–Crippen MR) is 84.9 cm³/mol. The summed E-state index contributed by atoms with van der Waals surface area (Å²) in [7, 11) is 0. The Kier molecular flexibility index (Phi) is 5.50. The van der Waals surface area contributed by atoms with Crippen molar-refractivity contribution in [3.63, 3.8) is 0 Å². The number of aliphatic hydroxyl groups excluding tert-OH is 1. The van der Waals surface area contributed by atoms with Crippen molar-refractivity contribution < 1.29 is 19.5 Å². The summed E-state index contributed by atoms with van der Waals surface area (Å²) in [5, 5.41) is 12.1. The molecule has 2 atom stereocenters. The van der Waals surface area contributed by atoms with Crippen LogP contribution in [0.3, 0.4) is 0 Å². The van der Waals surface area contributed by atoms with Crippen LogP contribution in [-0.2, 0) is 14.4 Å². The van der Waals surface area contributed by atoms with E-state index in [0.29, 0.717) is 24.8 Å². The third-order valence-corrected chi connectivity index (χ3v) is 4.34. The fourth-order valence-electron chi connectivity index (χ4n) is 2.84. The van der Waals surface area contributed by atoms with Crippen LogP contribution in [0.4, 0.5) is 0 Å². The molecule has 0 aromatic heterocycles. The van der Waals surface area contributed by atoms with E-state index in [9.17, 15) is 9.90 Å². The van der Waals surface area contributed by atoms with Crippen LogP contribution in [0.2, 0.25) is 5.02 Å². The van der Waals surface area contributed by atoms with Gasteiger partial charge in [0.2, 0.25) is 5.91 Å². The summed E-state index contributed by atoms with van der Waals surface area (Å²) in [5.74, 6) is -0.106. The number of hydrogen-bond donors (Lipinski definition) is 1. The van der Waals surface area contributed by atoms with Crippen LogP contribution in [0.5, 0.6) is 0 Å². The van der Waals surface area contributed by atoms with Crippen LogP contribution in [-0.4, -0.2) is 66.5 Å². The highest BCUT2D eigenvalue weighted by Gasteiger charge is 2.33. The lowest BCUT2D eigenvalue weighted by molar-refractivity contribution is -0.182. The Balaban J connectivity index is 1.52. The highest BCUT2D eigenvalue weighted by atomic mass is 35.5. The lowest BCUT2D eigenvalue weighted by Gasteiger charge is -2.29. The first-order valence-corrected chi connectivity index (χ1v) is 8.20. The minimum Gasteiger partial charge on any atom is -0.390 e. The van der Waals surface area contributed by atoms with Gasteiger partial charge in [0, 0.05) is 24.7 Å². The van der Waals surface area contributed by atoms with Crippen molar-refractivity contribution in [3.05, 3.63) is 34.9 Å². The number of ether oxygens (including phenoxy) is 1. The van der Waals surface area contributed by atoms with Crippen LogP contribution >= 0.6 is 11.6 Å². The number of carbonyl (C=O) groups excluding carboxylic acids is 1. The Morgan fingerprint density at radius 1 is 1.22 bits per heavy atom. The standard InChI is InChI=1S/C16H21ClN2O4/c17-13-3-1-12(2-4-13)15-9-16(21)19(23-15)11-14(20)10-18-5-7-22-8-6-18/h1-4,14-15,20H,5-11H2/t14-,15-/m0/s1. The fourth-order valence-corrected chi connectivity index (χ4v) is 2.97. The molecule has 1 aromatic rings. The van der Waals surface area contributed by atoms with E-state index in [2.05, 4.69) is 4.90 Å². The van der Waals surface area contributed by atoms with Crippen molar-refractivity contribution >= 4 is 17.5 Å². The van der Waals surface area contributed by atoms with Crippen LogP contribution < -0.4 is 0 Å². The first-order valence-electron chi connectivity index (χ1n) is 7.82. The van der Waals surface area contributed by atoms with Gasteiger partial charge in [0.1, 0.15) is 6.10 Å². The number of nitrogens with zero attached hydrogens (tertiary/aromatic N) is 2. The zero-order valence-electron chi connectivity index (χ0n) is 12.9. The van der Waals surface area contributed by atoms with Gasteiger partial charge in [-0.3, -0.25) is 14.5 Å². The molecule has 0 spiro atoms. The lowest BCUT2D eigenvalue weighted by Crippen LogP contribution is -2.44. The van der Waals surface area contributed by atoms with E-state index in [-0.39, 0.29) is 25.0 Å². The molecule has 1 N–H and O–H groups in total. The molecule has 7 heteroatoms. The highest BCUT2D eigenvalue weighted by molar-refractivity contribution is 6.30. The van der Waals surface area contributed by atoms with Crippen LogP contribution in [0.25, 0.3) is 0 Å². The van der Waals surface area contributed by atoms with Crippen molar-refractivity contribution in [1.29, 1.82) is 0 Å². The first-order chi connectivity index (χ1) is 11.1. The largest absolute Gasteiger partial charge is 0.390 e. The summed E-state index contributed by atoms with van der Waals surface area (Å²) in [6.45, 7) is 3.68. The number of halogens is 1. The predicted octanol–water partition coefficient (Wildman–Crippen LogP) is 1.24. The summed E-state index contributed by atoms with van der Waals surface area (Å²) >= 11 is 5.87. The summed E-state index contributed by atoms with van der Waals surface area (Å²) < 4.78 is 5.28. The maximum absolute atomic E-state index is 12.1. The second-order valence-electron chi connectivity index (χ2n) is 5.87. The SMILES string of the molecule is O=C1C[C@@H](c2ccc(Cl)cc2)ON1C[C@@H](O)CN1CCOCC1. The topological polar surface area (TPSA) is 62.2 Å². The normalized spacial score (nSPS) is 24.2. The molecule has 6 nitrogen and oxygen atoms in total. The zero-order valence-corrected chi connectivity index (χ0v) is 13.6. The van der Waals surface area contributed by atoms with E-state index in [1.165, 1.54) is 5.06 Å². The van der Waals surface area contributed by atoms with E-state index >= 15 is 0 Å². The van der Waals surface area contributed by atoms with Crippen molar-refractivity contribution in [1.82, 2.24) is 9.96 Å². The second-order valence-corrected chi connectivity index (χ2v) is 6.31. The van der Waals surface area contributed by atoms with Gasteiger partial charge < -0.3 is 9.84 Å². The van der Waals surface area contributed by atoms with Crippen LogP contribution in [0, 0.1) is 0 Å². The van der Waals surface area contributed by atoms with Crippen LogP contribution in [0.15, 0.2) is 24.3 Å². The molecule has 23 heavy (non-hydrogen) atoms. The maximum Gasteiger partial charge on any atom is 0.249 e. The average molecular weight is 341 g/mol. The third-order valence-electron chi connectivity index (χ3n) is 4.08. The van der Waals surface area contributed by atoms with Gasteiger partial charge in [-0.2, -0.15) is 0 Å². The Bertz CT molecular complexity index is 533. The monoisotopic (exact) mass is 340 g/mol. The average Bonchev–Trinajstić information content (AvgIpc) is 2.90. The Labute approximate surface area is 140 Å². The molecule has 126 valence electrons. The Morgan fingerprint density at radius 2 is 1.91 bits per heavy atom. The number of amides is 1. The maximum atomic E-state index is 12.1. The number of aliphatic hydroxyl groups is 1. The molecule has 2 fully saturated rings. The van der Waals surface area contributed by atoms with Crippen molar-refractivity contribution in [2.45, 2.75) is 18.6 Å². The number of carbonyl (C=O) groups is 1. The van der Waals surface area contributed by atoms with E-state index in [1.54, 1.807) is 12.1 Å². The molecule has 0 unspecified atom stereocenters. The number of hydrogen-bond acceptors (Lipinski definition) is 5. The summed E-state index contributed by atoms with van der Waals surface area (Å²) in [6, 6.07) is 7.27. The molecule has 0 aliphatic carbocycles. The molecule has 2 aliphatic rings. The molecule has 1 amide bonds. The Hall–Kier alpha value is -1.18. The minimum atomic E-state index is -0.638. The van der Waals surface area contributed by atoms with E-state index < -0.39 is 6.10 Å². The molecule has 0 saturated carbocycles. The molecule has 0 bridgehead atoms. The lowest BCUT2D eigenvalue weighted by atomic mass is 10.1. The van der Waals surface area contributed by atoms with Gasteiger partial charge in [0.05, 0.1) is 32.3 Å². The van der Waals surface area contributed by atoms with E-state index in [1.807, 2.05) is 12.1 Å². The molecular formula is C16H21ClN2O4.